The molecule has 0 bridgehead atoms. The second-order valence-electron chi connectivity index (χ2n) is 6.79. The van der Waals surface area contributed by atoms with Crippen LogP contribution in [-0.4, -0.2) is 29.7 Å². The molecule has 4 rings (SSSR count). The summed E-state index contributed by atoms with van der Waals surface area (Å²) in [4.78, 5) is 29.8. The highest BCUT2D eigenvalue weighted by atomic mass is 35.5. The van der Waals surface area contributed by atoms with Gasteiger partial charge < -0.3 is 9.72 Å². The van der Waals surface area contributed by atoms with Gasteiger partial charge in [-0.05, 0) is 56.4 Å². The molecule has 1 aliphatic rings. The molecule has 0 saturated heterocycles. The Bertz CT molecular complexity index is 1090. The Morgan fingerprint density at radius 3 is 2.93 bits per heavy atom. The lowest BCUT2D eigenvalue weighted by molar-refractivity contribution is 0.0520. The first-order valence-corrected chi connectivity index (χ1v) is 10.7. The van der Waals surface area contributed by atoms with Crippen molar-refractivity contribution in [2.45, 2.75) is 32.6 Å². The van der Waals surface area contributed by atoms with Gasteiger partial charge in [0, 0.05) is 26.4 Å². The number of amides is 1. The van der Waals surface area contributed by atoms with Crippen LogP contribution >= 0.6 is 22.9 Å². The van der Waals surface area contributed by atoms with Gasteiger partial charge in [-0.3, -0.25) is 4.79 Å². The molecule has 0 atom stereocenters. The van der Waals surface area contributed by atoms with Gasteiger partial charge in [-0.25, -0.2) is 10.2 Å². The van der Waals surface area contributed by atoms with Crippen LogP contribution < -0.4 is 5.43 Å². The van der Waals surface area contributed by atoms with Crippen molar-refractivity contribution in [1.82, 2.24) is 10.4 Å². The summed E-state index contributed by atoms with van der Waals surface area (Å²) in [6.07, 6.45) is 5.88. The number of nitrogens with one attached hydrogen (secondary N) is 2. The number of fused-ring (bicyclic) bond motifs is 2. The van der Waals surface area contributed by atoms with Gasteiger partial charge in [-0.15, -0.1) is 11.3 Å². The predicted octanol–water partition coefficient (Wildman–Crippen LogP) is 4.70. The van der Waals surface area contributed by atoms with E-state index in [2.05, 4.69) is 15.5 Å². The fourth-order valence-electron chi connectivity index (χ4n) is 3.50. The van der Waals surface area contributed by atoms with Gasteiger partial charge in [-0.1, -0.05) is 17.7 Å². The number of aromatic amines is 1. The standard InChI is InChI=1S/C21H20ClN3O3S/c1-2-28-21(27)19-15(14-8-7-13(22)10-16(14)24-19)11-23-25-20(26)18-9-12-5-3-4-6-17(12)29-18/h7-11,24H,2-6H2,1H3,(H,25,26)/b23-11+. The van der Waals surface area contributed by atoms with Gasteiger partial charge in [-0.2, -0.15) is 5.10 Å². The molecule has 1 aromatic carbocycles. The average Bonchev–Trinajstić information content (AvgIpc) is 3.29. The molecular weight excluding hydrogens is 410 g/mol. The molecule has 29 heavy (non-hydrogen) atoms. The summed E-state index contributed by atoms with van der Waals surface area (Å²) in [5.74, 6) is -0.736. The SMILES string of the molecule is CCOC(=O)c1[nH]c2cc(Cl)ccc2c1/C=N/NC(=O)c1cc2c(s1)CCCC2. The Morgan fingerprint density at radius 1 is 1.31 bits per heavy atom. The molecule has 3 aromatic rings. The summed E-state index contributed by atoms with van der Waals surface area (Å²) in [6.45, 7) is 2.00. The maximum absolute atomic E-state index is 12.5. The van der Waals surface area contributed by atoms with E-state index in [1.807, 2.05) is 6.07 Å². The summed E-state index contributed by atoms with van der Waals surface area (Å²) in [6, 6.07) is 7.22. The molecule has 0 spiro atoms. The summed E-state index contributed by atoms with van der Waals surface area (Å²) >= 11 is 7.58. The molecule has 0 aliphatic heterocycles. The number of carbonyl (C=O) groups is 2. The highest BCUT2D eigenvalue weighted by molar-refractivity contribution is 7.14. The predicted molar refractivity (Wildman–Crippen MR) is 115 cm³/mol. The van der Waals surface area contributed by atoms with E-state index >= 15 is 0 Å². The number of ether oxygens (including phenoxy) is 1. The number of rotatable bonds is 5. The van der Waals surface area contributed by atoms with Crippen LogP contribution in [0.2, 0.25) is 5.02 Å². The van der Waals surface area contributed by atoms with E-state index in [0.717, 1.165) is 18.2 Å². The van der Waals surface area contributed by atoms with Crippen LogP contribution in [-0.2, 0) is 17.6 Å². The van der Waals surface area contributed by atoms with E-state index < -0.39 is 5.97 Å². The minimum absolute atomic E-state index is 0.249. The van der Waals surface area contributed by atoms with E-state index in [1.54, 1.807) is 25.1 Å². The lowest BCUT2D eigenvalue weighted by Gasteiger charge is -2.08. The van der Waals surface area contributed by atoms with E-state index in [1.165, 1.54) is 40.8 Å². The number of benzene rings is 1. The molecule has 2 N–H and O–H groups in total. The number of hydrogen-bond donors (Lipinski definition) is 2. The van der Waals surface area contributed by atoms with Crippen LogP contribution in [0.1, 0.15) is 55.9 Å². The minimum atomic E-state index is -0.487. The van der Waals surface area contributed by atoms with Gasteiger partial charge in [0.15, 0.2) is 0 Å². The maximum atomic E-state index is 12.5. The third-order valence-corrected chi connectivity index (χ3v) is 6.33. The summed E-state index contributed by atoms with van der Waals surface area (Å²) in [5, 5.41) is 5.41. The van der Waals surface area contributed by atoms with E-state index in [0.29, 0.717) is 21.0 Å². The first-order valence-electron chi connectivity index (χ1n) is 9.50. The number of H-pyrrole nitrogens is 1. The van der Waals surface area contributed by atoms with Crippen LogP contribution in [0.5, 0.6) is 0 Å². The van der Waals surface area contributed by atoms with Crippen LogP contribution in [0, 0.1) is 0 Å². The molecule has 0 radical (unpaired) electrons. The monoisotopic (exact) mass is 429 g/mol. The van der Waals surface area contributed by atoms with Crippen molar-refractivity contribution in [2.24, 2.45) is 5.10 Å². The van der Waals surface area contributed by atoms with Gasteiger partial charge in [0.25, 0.3) is 5.91 Å². The smallest absolute Gasteiger partial charge is 0.355 e. The molecule has 6 nitrogen and oxygen atoms in total. The number of nitrogens with zero attached hydrogens (tertiary/aromatic N) is 1. The highest BCUT2D eigenvalue weighted by Crippen LogP contribution is 2.29. The number of carbonyl (C=O) groups excluding carboxylic acids is 2. The zero-order valence-electron chi connectivity index (χ0n) is 15.9. The number of esters is 1. The van der Waals surface area contributed by atoms with Gasteiger partial charge in [0.1, 0.15) is 5.69 Å². The molecule has 2 heterocycles. The molecule has 1 amide bonds. The molecule has 8 heteroatoms. The second-order valence-corrected chi connectivity index (χ2v) is 8.36. The fraction of sp³-hybridized carbons (Fsp3) is 0.286. The first kappa shape index (κ1) is 19.7. The maximum Gasteiger partial charge on any atom is 0.355 e. The van der Waals surface area contributed by atoms with Crippen molar-refractivity contribution in [2.75, 3.05) is 6.61 Å². The van der Waals surface area contributed by atoms with Crippen LogP contribution in [0.15, 0.2) is 29.4 Å². The Hall–Kier alpha value is -2.64. The zero-order chi connectivity index (χ0) is 20.4. The summed E-state index contributed by atoms with van der Waals surface area (Å²) in [7, 11) is 0. The third-order valence-electron chi connectivity index (χ3n) is 4.86. The van der Waals surface area contributed by atoms with Gasteiger partial charge in [0.05, 0.1) is 17.7 Å². The fourth-order valence-corrected chi connectivity index (χ4v) is 4.82. The van der Waals surface area contributed by atoms with E-state index in [4.69, 9.17) is 16.3 Å². The number of aromatic nitrogens is 1. The lowest BCUT2D eigenvalue weighted by Crippen LogP contribution is -2.16. The van der Waals surface area contributed by atoms with Crippen molar-refractivity contribution in [3.63, 3.8) is 0 Å². The normalized spacial score (nSPS) is 13.6. The van der Waals surface area contributed by atoms with Crippen LogP contribution in [0.25, 0.3) is 10.9 Å². The molecule has 2 aromatic heterocycles. The number of halogens is 1. The van der Waals surface area contributed by atoms with Gasteiger partial charge >= 0.3 is 5.97 Å². The van der Waals surface area contributed by atoms with Crippen LogP contribution in [0.3, 0.4) is 0 Å². The molecular formula is C21H20ClN3O3S. The molecule has 0 fully saturated rings. The summed E-state index contributed by atoms with van der Waals surface area (Å²) < 4.78 is 5.12. The van der Waals surface area contributed by atoms with Crippen molar-refractivity contribution < 1.29 is 14.3 Å². The Labute approximate surface area is 176 Å². The average molecular weight is 430 g/mol. The minimum Gasteiger partial charge on any atom is -0.461 e. The van der Waals surface area contributed by atoms with E-state index in [-0.39, 0.29) is 18.2 Å². The molecule has 1 aliphatic carbocycles. The van der Waals surface area contributed by atoms with Crippen molar-refractivity contribution in [3.8, 4) is 0 Å². The molecule has 150 valence electrons. The Morgan fingerprint density at radius 2 is 2.14 bits per heavy atom. The highest BCUT2D eigenvalue weighted by Gasteiger charge is 2.19. The first-order chi connectivity index (χ1) is 14.1. The topological polar surface area (TPSA) is 83.6 Å². The molecule has 0 saturated carbocycles. The van der Waals surface area contributed by atoms with Crippen molar-refractivity contribution >= 4 is 51.9 Å². The molecule has 0 unspecified atom stereocenters. The Balaban J connectivity index is 1.58. The van der Waals surface area contributed by atoms with Crippen LogP contribution in [0.4, 0.5) is 0 Å². The number of hydrogen-bond acceptors (Lipinski definition) is 5. The quantitative estimate of drug-likeness (QED) is 0.350. The number of hydrazone groups is 1. The van der Waals surface area contributed by atoms with Crippen molar-refractivity contribution in [3.05, 3.63) is 55.9 Å². The zero-order valence-corrected chi connectivity index (χ0v) is 17.5. The van der Waals surface area contributed by atoms with Crippen molar-refractivity contribution in [1.29, 1.82) is 0 Å². The lowest BCUT2D eigenvalue weighted by atomic mass is 9.99. The number of thiophene rings is 1. The third kappa shape index (κ3) is 4.06. The summed E-state index contributed by atoms with van der Waals surface area (Å²) in [5.41, 5.74) is 5.35. The second kappa shape index (κ2) is 8.39. The van der Waals surface area contributed by atoms with Gasteiger partial charge in [0.2, 0.25) is 0 Å². The Kier molecular flexibility index (Phi) is 5.69. The number of aryl methyl sites for hydroxylation is 2. The largest absolute Gasteiger partial charge is 0.461 e. The van der Waals surface area contributed by atoms with E-state index in [9.17, 15) is 9.59 Å².